The normalized spacial score (nSPS) is 16.6. The number of benzene rings is 3. The minimum Gasteiger partial charge on any atom is -0.508 e. The predicted molar refractivity (Wildman–Crippen MR) is 140 cm³/mol. The number of amides is 1. The van der Waals surface area contributed by atoms with Gasteiger partial charge in [0.05, 0.1) is 42.5 Å². The van der Waals surface area contributed by atoms with Gasteiger partial charge in [-0.1, -0.05) is 23.7 Å². The van der Waals surface area contributed by atoms with Crippen molar-refractivity contribution in [2.75, 3.05) is 25.2 Å². The summed E-state index contributed by atoms with van der Waals surface area (Å²) in [4.78, 5) is 28.0. The molecule has 4 rings (SSSR count). The highest BCUT2D eigenvalue weighted by atomic mass is 35.5. The molecule has 9 heteroatoms. The standard InChI is InChI=1S/C28H26ClNO7/c1-4-36-19-10-11-20(23(15-19)37-5-2)26(32)24-25(16-7-6-8-18(31)13-16)30(28(34)27(24)33)17-9-12-22(35-3)21(29)14-17/h6-15,25,31-32H,4-5H2,1-3H3/b26-24-. The molecule has 1 atom stereocenters. The summed E-state index contributed by atoms with van der Waals surface area (Å²) in [5.74, 6) is -1.02. The number of aromatic hydroxyl groups is 1. The van der Waals surface area contributed by atoms with Crippen molar-refractivity contribution >= 4 is 34.7 Å². The number of phenolic OH excluding ortho intramolecular Hbond substituents is 1. The Morgan fingerprint density at radius 2 is 1.73 bits per heavy atom. The van der Waals surface area contributed by atoms with Crippen molar-refractivity contribution in [1.29, 1.82) is 0 Å². The van der Waals surface area contributed by atoms with Gasteiger partial charge in [0.15, 0.2) is 0 Å². The number of hydrogen-bond donors (Lipinski definition) is 2. The minimum absolute atomic E-state index is 0.0630. The third kappa shape index (κ3) is 4.93. The Kier molecular flexibility index (Phi) is 7.59. The lowest BCUT2D eigenvalue weighted by molar-refractivity contribution is -0.132. The van der Waals surface area contributed by atoms with E-state index in [-0.39, 0.29) is 21.9 Å². The molecule has 0 aromatic heterocycles. The van der Waals surface area contributed by atoms with E-state index in [0.717, 1.165) is 0 Å². The van der Waals surface area contributed by atoms with E-state index in [9.17, 15) is 19.8 Å². The van der Waals surface area contributed by atoms with E-state index in [1.54, 1.807) is 49.4 Å². The van der Waals surface area contributed by atoms with Crippen LogP contribution in [0.4, 0.5) is 5.69 Å². The van der Waals surface area contributed by atoms with E-state index in [4.69, 9.17) is 25.8 Å². The first-order valence-electron chi connectivity index (χ1n) is 11.6. The van der Waals surface area contributed by atoms with E-state index in [1.165, 1.54) is 30.2 Å². The summed E-state index contributed by atoms with van der Waals surface area (Å²) < 4.78 is 16.5. The molecule has 0 saturated carbocycles. The number of anilines is 1. The van der Waals surface area contributed by atoms with Crippen LogP contribution in [0.5, 0.6) is 23.0 Å². The molecule has 1 unspecified atom stereocenters. The van der Waals surface area contributed by atoms with Crippen molar-refractivity contribution in [2.45, 2.75) is 19.9 Å². The first-order valence-corrected chi connectivity index (χ1v) is 12.0. The molecule has 8 nitrogen and oxygen atoms in total. The third-order valence-electron chi connectivity index (χ3n) is 5.86. The predicted octanol–water partition coefficient (Wildman–Crippen LogP) is 5.48. The highest BCUT2D eigenvalue weighted by molar-refractivity contribution is 6.52. The first kappa shape index (κ1) is 25.9. The van der Waals surface area contributed by atoms with Crippen molar-refractivity contribution < 1.29 is 34.0 Å². The van der Waals surface area contributed by atoms with Gasteiger partial charge in [-0.25, -0.2) is 0 Å². The van der Waals surface area contributed by atoms with Crippen LogP contribution in [0, 0.1) is 0 Å². The molecule has 0 radical (unpaired) electrons. The second-order valence-electron chi connectivity index (χ2n) is 8.11. The first-order chi connectivity index (χ1) is 17.8. The molecule has 2 N–H and O–H groups in total. The van der Waals surface area contributed by atoms with E-state index in [2.05, 4.69) is 0 Å². The topological polar surface area (TPSA) is 106 Å². The van der Waals surface area contributed by atoms with E-state index in [1.807, 2.05) is 6.92 Å². The lowest BCUT2D eigenvalue weighted by atomic mass is 9.94. The molecule has 0 bridgehead atoms. The van der Waals surface area contributed by atoms with E-state index in [0.29, 0.717) is 41.7 Å². The van der Waals surface area contributed by atoms with Crippen LogP contribution in [-0.4, -0.2) is 42.2 Å². The Morgan fingerprint density at radius 1 is 0.973 bits per heavy atom. The fourth-order valence-electron chi connectivity index (χ4n) is 4.29. The number of rotatable bonds is 8. The molecule has 1 aliphatic heterocycles. The second kappa shape index (κ2) is 10.8. The van der Waals surface area contributed by atoms with Gasteiger partial charge in [0.1, 0.15) is 28.8 Å². The Balaban J connectivity index is 1.95. The van der Waals surface area contributed by atoms with E-state index < -0.39 is 23.5 Å². The zero-order valence-electron chi connectivity index (χ0n) is 20.5. The van der Waals surface area contributed by atoms with Gasteiger partial charge in [-0.05, 0) is 61.9 Å². The SMILES string of the molecule is CCOc1ccc(/C(O)=C2/C(=O)C(=O)N(c3ccc(OC)c(Cl)c3)C2c2cccc(O)c2)c(OCC)c1. The van der Waals surface area contributed by atoms with Crippen molar-refractivity contribution in [3.05, 3.63) is 82.4 Å². The van der Waals surface area contributed by atoms with Gasteiger partial charge in [-0.15, -0.1) is 0 Å². The summed E-state index contributed by atoms with van der Waals surface area (Å²) in [5, 5.41) is 21.9. The number of aliphatic hydroxyl groups excluding tert-OH is 1. The number of halogens is 1. The average Bonchev–Trinajstić information content (AvgIpc) is 3.14. The van der Waals surface area contributed by atoms with E-state index >= 15 is 0 Å². The molecule has 1 heterocycles. The van der Waals surface area contributed by atoms with Crippen molar-refractivity contribution in [1.82, 2.24) is 0 Å². The molecule has 1 amide bonds. The van der Waals surface area contributed by atoms with Crippen LogP contribution in [0.2, 0.25) is 5.02 Å². The number of aliphatic hydroxyl groups is 1. The summed E-state index contributed by atoms with van der Waals surface area (Å²) in [6.45, 7) is 4.36. The number of phenols is 1. The van der Waals surface area contributed by atoms with Gasteiger partial charge >= 0.3 is 0 Å². The number of hydrogen-bond acceptors (Lipinski definition) is 7. The van der Waals surface area contributed by atoms with Gasteiger partial charge < -0.3 is 24.4 Å². The Hall–Kier alpha value is -4.17. The number of Topliss-reactive ketones (excluding diaryl/α,β-unsaturated/α-hetero) is 1. The maximum absolute atomic E-state index is 13.4. The average molecular weight is 524 g/mol. The molecule has 192 valence electrons. The summed E-state index contributed by atoms with van der Waals surface area (Å²) in [5.41, 5.74) is 0.794. The Morgan fingerprint density at radius 3 is 2.38 bits per heavy atom. The fraction of sp³-hybridized carbons (Fsp3) is 0.214. The van der Waals surface area contributed by atoms with Crippen LogP contribution in [0.15, 0.2) is 66.2 Å². The summed E-state index contributed by atoms with van der Waals surface area (Å²) >= 11 is 6.32. The second-order valence-corrected chi connectivity index (χ2v) is 8.51. The summed E-state index contributed by atoms with van der Waals surface area (Å²) in [6.07, 6.45) is 0. The van der Waals surface area contributed by atoms with Crippen LogP contribution in [0.25, 0.3) is 5.76 Å². The molecule has 37 heavy (non-hydrogen) atoms. The highest BCUT2D eigenvalue weighted by Crippen LogP contribution is 2.45. The largest absolute Gasteiger partial charge is 0.508 e. The number of carbonyl (C=O) groups excluding carboxylic acids is 2. The molecule has 0 spiro atoms. The number of methoxy groups -OCH3 is 1. The molecular weight excluding hydrogens is 498 g/mol. The number of ether oxygens (including phenoxy) is 3. The van der Waals surface area contributed by atoms with Gasteiger partial charge in [-0.3, -0.25) is 14.5 Å². The number of ketones is 1. The van der Waals surface area contributed by atoms with Crippen molar-refractivity contribution in [3.63, 3.8) is 0 Å². The molecule has 3 aromatic rings. The molecule has 1 aliphatic rings. The molecule has 0 aliphatic carbocycles. The van der Waals surface area contributed by atoms with Crippen LogP contribution < -0.4 is 19.1 Å². The van der Waals surface area contributed by atoms with Gasteiger partial charge in [0.25, 0.3) is 11.7 Å². The molecule has 3 aromatic carbocycles. The smallest absolute Gasteiger partial charge is 0.300 e. The maximum Gasteiger partial charge on any atom is 0.300 e. The fourth-order valence-corrected chi connectivity index (χ4v) is 4.54. The number of nitrogens with zero attached hydrogens (tertiary/aromatic N) is 1. The van der Waals surface area contributed by atoms with Crippen LogP contribution in [-0.2, 0) is 9.59 Å². The minimum atomic E-state index is -1.06. The number of carbonyl (C=O) groups is 2. The zero-order valence-corrected chi connectivity index (χ0v) is 21.3. The van der Waals surface area contributed by atoms with Gasteiger partial charge in [-0.2, -0.15) is 0 Å². The Bertz CT molecular complexity index is 1380. The zero-order chi connectivity index (χ0) is 26.7. The quantitative estimate of drug-likeness (QED) is 0.229. The maximum atomic E-state index is 13.4. The molecular formula is C28H26ClNO7. The Labute approximate surface area is 219 Å². The summed E-state index contributed by atoms with van der Waals surface area (Å²) in [6, 6.07) is 14.6. The molecule has 1 fully saturated rings. The van der Waals surface area contributed by atoms with Gasteiger partial charge in [0, 0.05) is 11.8 Å². The lowest BCUT2D eigenvalue weighted by Crippen LogP contribution is -2.29. The monoisotopic (exact) mass is 523 g/mol. The van der Waals surface area contributed by atoms with Crippen LogP contribution in [0.1, 0.15) is 31.0 Å². The lowest BCUT2D eigenvalue weighted by Gasteiger charge is -2.26. The van der Waals surface area contributed by atoms with Crippen molar-refractivity contribution in [3.8, 4) is 23.0 Å². The highest BCUT2D eigenvalue weighted by Gasteiger charge is 2.47. The summed E-state index contributed by atoms with van der Waals surface area (Å²) in [7, 11) is 1.46. The van der Waals surface area contributed by atoms with Crippen LogP contribution in [0.3, 0.4) is 0 Å². The van der Waals surface area contributed by atoms with Crippen molar-refractivity contribution in [2.24, 2.45) is 0 Å². The van der Waals surface area contributed by atoms with Crippen LogP contribution >= 0.6 is 11.6 Å². The van der Waals surface area contributed by atoms with Gasteiger partial charge in [0.2, 0.25) is 0 Å². The molecule has 1 saturated heterocycles. The third-order valence-corrected chi connectivity index (χ3v) is 6.16.